The summed E-state index contributed by atoms with van der Waals surface area (Å²) < 4.78 is 20.8. The van der Waals surface area contributed by atoms with E-state index in [4.69, 9.17) is 9.84 Å². The van der Waals surface area contributed by atoms with Crippen molar-refractivity contribution in [1.29, 1.82) is 0 Å². The molecule has 3 N–H and O–H groups in total. The van der Waals surface area contributed by atoms with E-state index in [9.17, 15) is 14.0 Å². The minimum atomic E-state index is -0.869. The average molecular weight is 640 g/mol. The molecule has 0 saturated carbocycles. The number of carbonyl (C=O) groups excluding carboxylic acids is 2. The predicted molar refractivity (Wildman–Crippen MR) is 151 cm³/mol. The molecular formula is C29H26FIN4O4. The molecule has 0 radical (unpaired) electrons. The molecular weight excluding hydrogens is 614 g/mol. The van der Waals surface area contributed by atoms with E-state index < -0.39 is 24.0 Å². The molecule has 1 aromatic heterocycles. The van der Waals surface area contributed by atoms with Gasteiger partial charge in [-0.2, -0.15) is 0 Å². The first-order chi connectivity index (χ1) is 18.9. The number of aliphatic hydroxyl groups excluding tert-OH is 1. The van der Waals surface area contributed by atoms with Crippen LogP contribution in [-0.2, 0) is 11.2 Å². The molecule has 1 aliphatic heterocycles. The maximum atomic E-state index is 14.7. The van der Waals surface area contributed by atoms with Crippen molar-refractivity contribution in [2.75, 3.05) is 13.2 Å². The molecule has 2 atom stereocenters. The Hall–Kier alpha value is -3.77. The third-order valence-corrected chi connectivity index (χ3v) is 7.21. The SMILES string of the molecule is O=C1NC(c2ccc(OCCO)cc2)C(=O)N1[C@H](CCc1ccccc1)c1ncc(-c2ccc(I)cc2F)[nH]1. The highest BCUT2D eigenvalue weighted by molar-refractivity contribution is 14.1. The maximum absolute atomic E-state index is 14.7. The van der Waals surface area contributed by atoms with E-state index in [0.29, 0.717) is 41.2 Å². The molecule has 1 unspecified atom stereocenters. The number of urea groups is 1. The average Bonchev–Trinajstić information content (AvgIpc) is 3.54. The van der Waals surface area contributed by atoms with Gasteiger partial charge in [0, 0.05) is 9.13 Å². The first kappa shape index (κ1) is 26.8. The van der Waals surface area contributed by atoms with Gasteiger partial charge in [0.05, 0.1) is 24.5 Å². The van der Waals surface area contributed by atoms with E-state index in [1.54, 1.807) is 36.4 Å². The summed E-state index contributed by atoms with van der Waals surface area (Å²) in [5, 5.41) is 11.7. The summed E-state index contributed by atoms with van der Waals surface area (Å²) in [6.45, 7) is 0.0511. The Morgan fingerprint density at radius 3 is 2.56 bits per heavy atom. The number of hydrogen-bond donors (Lipinski definition) is 3. The van der Waals surface area contributed by atoms with Crippen LogP contribution >= 0.6 is 22.6 Å². The van der Waals surface area contributed by atoms with Gasteiger partial charge in [-0.15, -0.1) is 0 Å². The number of aliphatic hydroxyl groups is 1. The Bertz CT molecular complexity index is 1460. The Balaban J connectivity index is 1.43. The van der Waals surface area contributed by atoms with Crippen LogP contribution in [0.1, 0.15) is 35.5 Å². The highest BCUT2D eigenvalue weighted by Gasteiger charge is 2.44. The molecule has 3 amide bonds. The van der Waals surface area contributed by atoms with Crippen LogP contribution in [0.3, 0.4) is 0 Å². The van der Waals surface area contributed by atoms with Gasteiger partial charge in [-0.25, -0.2) is 14.2 Å². The number of carbonyl (C=O) groups is 2. The van der Waals surface area contributed by atoms with Crippen LogP contribution in [0.4, 0.5) is 9.18 Å². The van der Waals surface area contributed by atoms with Crippen LogP contribution < -0.4 is 10.1 Å². The minimum absolute atomic E-state index is 0.108. The number of hydrogen-bond acceptors (Lipinski definition) is 5. The van der Waals surface area contributed by atoms with Crippen LogP contribution in [0, 0.1) is 9.39 Å². The lowest BCUT2D eigenvalue weighted by molar-refractivity contribution is -0.129. The number of ether oxygens (including phenoxy) is 1. The topological polar surface area (TPSA) is 108 Å². The van der Waals surface area contributed by atoms with Crippen molar-refractivity contribution < 1.29 is 23.8 Å². The Kier molecular flexibility index (Phi) is 8.22. The molecule has 10 heteroatoms. The van der Waals surface area contributed by atoms with Crippen LogP contribution in [0.15, 0.2) is 79.0 Å². The van der Waals surface area contributed by atoms with Crippen LogP contribution in [0.5, 0.6) is 5.75 Å². The zero-order valence-corrected chi connectivity index (χ0v) is 23.0. The number of H-pyrrole nitrogens is 1. The van der Waals surface area contributed by atoms with E-state index in [1.165, 1.54) is 17.2 Å². The van der Waals surface area contributed by atoms with E-state index in [0.717, 1.165) is 9.13 Å². The Labute approximate surface area is 238 Å². The van der Waals surface area contributed by atoms with Crippen molar-refractivity contribution in [2.45, 2.75) is 24.9 Å². The van der Waals surface area contributed by atoms with Crippen molar-refractivity contribution in [3.8, 4) is 17.0 Å². The zero-order chi connectivity index (χ0) is 27.4. The lowest BCUT2D eigenvalue weighted by atomic mass is 10.0. The van der Waals surface area contributed by atoms with Crippen LogP contribution in [0.2, 0.25) is 0 Å². The van der Waals surface area contributed by atoms with Gasteiger partial charge in [-0.3, -0.25) is 9.69 Å². The maximum Gasteiger partial charge on any atom is 0.325 e. The van der Waals surface area contributed by atoms with Gasteiger partial charge in [0.25, 0.3) is 5.91 Å². The second-order valence-electron chi connectivity index (χ2n) is 9.08. The number of imidazole rings is 1. The highest BCUT2D eigenvalue weighted by atomic mass is 127. The summed E-state index contributed by atoms with van der Waals surface area (Å²) in [5.74, 6) is 0.156. The van der Waals surface area contributed by atoms with Gasteiger partial charge in [-0.1, -0.05) is 42.5 Å². The van der Waals surface area contributed by atoms with Crippen molar-refractivity contribution in [3.05, 3.63) is 105 Å². The fourth-order valence-corrected chi connectivity index (χ4v) is 5.08. The molecule has 5 rings (SSSR count). The number of aromatic amines is 1. The minimum Gasteiger partial charge on any atom is -0.491 e. The summed E-state index contributed by atoms with van der Waals surface area (Å²) in [5.41, 5.74) is 2.48. The normalized spacial score (nSPS) is 15.9. The summed E-state index contributed by atoms with van der Waals surface area (Å²) in [4.78, 5) is 35.7. The molecule has 1 aliphatic rings. The summed E-state index contributed by atoms with van der Waals surface area (Å²) in [6.07, 6.45) is 2.54. The number of nitrogens with zero attached hydrogens (tertiary/aromatic N) is 2. The highest BCUT2D eigenvalue weighted by Crippen LogP contribution is 2.34. The Morgan fingerprint density at radius 2 is 1.85 bits per heavy atom. The summed E-state index contributed by atoms with van der Waals surface area (Å²) >= 11 is 2.05. The van der Waals surface area contributed by atoms with Gasteiger partial charge in [-0.05, 0) is 76.9 Å². The van der Waals surface area contributed by atoms with E-state index in [1.807, 2.05) is 52.9 Å². The lowest BCUT2D eigenvalue weighted by Crippen LogP contribution is -2.36. The first-order valence-electron chi connectivity index (χ1n) is 12.5. The molecule has 3 aromatic carbocycles. The summed E-state index contributed by atoms with van der Waals surface area (Å²) in [7, 11) is 0. The molecule has 0 spiro atoms. The molecule has 39 heavy (non-hydrogen) atoms. The van der Waals surface area contributed by atoms with E-state index in [-0.39, 0.29) is 19.0 Å². The third kappa shape index (κ3) is 5.96. The van der Waals surface area contributed by atoms with E-state index in [2.05, 4.69) is 15.3 Å². The van der Waals surface area contributed by atoms with Crippen molar-refractivity contribution >= 4 is 34.5 Å². The second-order valence-corrected chi connectivity index (χ2v) is 10.3. The number of aromatic nitrogens is 2. The molecule has 200 valence electrons. The number of imide groups is 1. The Morgan fingerprint density at radius 1 is 1.08 bits per heavy atom. The van der Waals surface area contributed by atoms with Gasteiger partial charge >= 0.3 is 6.03 Å². The molecule has 1 fully saturated rings. The molecule has 0 bridgehead atoms. The first-order valence-corrected chi connectivity index (χ1v) is 13.5. The largest absolute Gasteiger partial charge is 0.491 e. The number of amides is 3. The van der Waals surface area contributed by atoms with Crippen molar-refractivity contribution in [2.24, 2.45) is 0 Å². The number of aryl methyl sites for hydroxylation is 1. The van der Waals surface area contributed by atoms with Crippen molar-refractivity contribution in [1.82, 2.24) is 20.2 Å². The quantitative estimate of drug-likeness (QED) is 0.164. The monoisotopic (exact) mass is 640 g/mol. The second kappa shape index (κ2) is 12.0. The fraction of sp³-hybridized carbons (Fsp3) is 0.207. The summed E-state index contributed by atoms with van der Waals surface area (Å²) in [6, 6.07) is 19.4. The van der Waals surface area contributed by atoms with Gasteiger partial charge < -0.3 is 20.1 Å². The van der Waals surface area contributed by atoms with Crippen LogP contribution in [-0.4, -0.2) is 45.1 Å². The van der Waals surface area contributed by atoms with Gasteiger partial charge in [0.15, 0.2) is 0 Å². The van der Waals surface area contributed by atoms with Gasteiger partial charge in [0.1, 0.15) is 30.0 Å². The standard InChI is InChI=1S/C29H26FIN4O4/c30-23-16-20(31)9-12-22(23)24-17-32-27(33-24)25(13-6-18-4-2-1-3-5-18)35-28(37)26(34-29(35)38)19-7-10-21(11-8-19)39-15-14-36/h1-5,7-12,16-17,25-26,36H,6,13-15H2,(H,32,33)(H,34,38)/t25-,26?/m1/s1. The third-order valence-electron chi connectivity index (χ3n) is 6.54. The zero-order valence-electron chi connectivity index (χ0n) is 20.8. The molecule has 0 aliphatic carbocycles. The number of benzene rings is 3. The van der Waals surface area contributed by atoms with Crippen molar-refractivity contribution in [3.63, 3.8) is 0 Å². The number of rotatable bonds is 10. The van der Waals surface area contributed by atoms with Crippen LogP contribution in [0.25, 0.3) is 11.3 Å². The van der Waals surface area contributed by atoms with E-state index >= 15 is 0 Å². The molecule has 1 saturated heterocycles. The number of nitrogens with one attached hydrogen (secondary N) is 2. The smallest absolute Gasteiger partial charge is 0.325 e. The fourth-order valence-electron chi connectivity index (χ4n) is 4.62. The predicted octanol–water partition coefficient (Wildman–Crippen LogP) is 5.16. The van der Waals surface area contributed by atoms with Gasteiger partial charge in [0.2, 0.25) is 0 Å². The lowest BCUT2D eigenvalue weighted by Gasteiger charge is -2.24. The molecule has 2 heterocycles. The molecule has 8 nitrogen and oxygen atoms in total. The molecule has 4 aromatic rings. The number of halogens is 2.